The third-order valence-corrected chi connectivity index (χ3v) is 4.12. The maximum absolute atomic E-state index is 12.0. The Balaban J connectivity index is 1.63. The van der Waals surface area contributed by atoms with E-state index >= 15 is 0 Å². The number of nitrogens with zero attached hydrogens (tertiary/aromatic N) is 3. The number of aromatic nitrogens is 3. The Morgan fingerprint density at radius 3 is 3.00 bits per heavy atom. The molecule has 0 unspecified atom stereocenters. The number of thiazole rings is 1. The highest BCUT2D eigenvalue weighted by Gasteiger charge is 2.09. The molecular weight excluding hydrogens is 300 g/mol. The van der Waals surface area contributed by atoms with Gasteiger partial charge < -0.3 is 10.1 Å². The van der Waals surface area contributed by atoms with Gasteiger partial charge in [0.15, 0.2) is 5.13 Å². The van der Waals surface area contributed by atoms with Crippen LogP contribution in [0.4, 0.5) is 5.13 Å². The van der Waals surface area contributed by atoms with Gasteiger partial charge in [0, 0.05) is 19.2 Å². The Kier molecular flexibility index (Phi) is 4.06. The Bertz CT molecular complexity index is 809. The summed E-state index contributed by atoms with van der Waals surface area (Å²) in [5.74, 6) is 0.710. The molecule has 0 aliphatic rings. The van der Waals surface area contributed by atoms with Crippen molar-refractivity contribution >= 4 is 32.6 Å². The first kappa shape index (κ1) is 14.5. The predicted octanol–water partition coefficient (Wildman–Crippen LogP) is 2.84. The Labute approximate surface area is 131 Å². The maximum atomic E-state index is 12.0. The molecule has 1 N–H and O–H groups in total. The number of ether oxygens (including phenoxy) is 1. The summed E-state index contributed by atoms with van der Waals surface area (Å²) in [6.45, 7) is 2.48. The fourth-order valence-corrected chi connectivity index (χ4v) is 2.98. The van der Waals surface area contributed by atoms with Crippen LogP contribution in [-0.2, 0) is 11.3 Å². The Hall–Kier alpha value is -2.41. The zero-order valence-corrected chi connectivity index (χ0v) is 13.2. The topological polar surface area (TPSA) is 69.0 Å². The molecule has 0 radical (unpaired) electrons. The molecule has 0 saturated carbocycles. The molecule has 0 aliphatic heterocycles. The highest BCUT2D eigenvalue weighted by Crippen LogP contribution is 2.29. The van der Waals surface area contributed by atoms with E-state index in [0.717, 1.165) is 21.7 Å². The van der Waals surface area contributed by atoms with E-state index in [2.05, 4.69) is 15.4 Å². The van der Waals surface area contributed by atoms with Gasteiger partial charge in [-0.25, -0.2) is 4.98 Å². The van der Waals surface area contributed by atoms with Gasteiger partial charge in [-0.1, -0.05) is 11.3 Å². The molecule has 1 aromatic carbocycles. The molecule has 1 amide bonds. The average Bonchev–Trinajstić information content (AvgIpc) is 3.09. The quantitative estimate of drug-likeness (QED) is 0.786. The first-order valence-corrected chi connectivity index (χ1v) is 7.70. The van der Waals surface area contributed by atoms with Crippen LogP contribution in [0.2, 0.25) is 0 Å². The fraction of sp³-hybridized carbons (Fsp3) is 0.267. The minimum absolute atomic E-state index is 0.0702. The average molecular weight is 316 g/mol. The number of carbonyl (C=O) groups is 1. The number of methoxy groups -OCH3 is 1. The predicted molar refractivity (Wildman–Crippen MR) is 86.4 cm³/mol. The number of nitrogens with one attached hydrogen (secondary N) is 1. The van der Waals surface area contributed by atoms with Crippen molar-refractivity contribution in [1.29, 1.82) is 0 Å². The van der Waals surface area contributed by atoms with Crippen LogP contribution in [-0.4, -0.2) is 27.8 Å². The monoisotopic (exact) mass is 316 g/mol. The van der Waals surface area contributed by atoms with Crippen molar-refractivity contribution in [3.05, 3.63) is 36.2 Å². The van der Waals surface area contributed by atoms with Crippen LogP contribution in [0, 0.1) is 6.92 Å². The highest BCUT2D eigenvalue weighted by molar-refractivity contribution is 7.22. The van der Waals surface area contributed by atoms with Gasteiger partial charge in [-0.15, -0.1) is 0 Å². The van der Waals surface area contributed by atoms with E-state index in [9.17, 15) is 4.79 Å². The molecule has 0 fully saturated rings. The number of amides is 1. The third-order valence-electron chi connectivity index (χ3n) is 3.18. The second-order valence-corrected chi connectivity index (χ2v) is 5.90. The van der Waals surface area contributed by atoms with Crippen molar-refractivity contribution < 1.29 is 9.53 Å². The summed E-state index contributed by atoms with van der Waals surface area (Å²) in [7, 11) is 1.63. The number of hydrogen-bond donors (Lipinski definition) is 1. The molecule has 0 saturated heterocycles. The largest absolute Gasteiger partial charge is 0.497 e. The highest BCUT2D eigenvalue weighted by atomic mass is 32.1. The number of aryl methyl sites for hydroxylation is 2. The number of hydrogen-bond acceptors (Lipinski definition) is 5. The second kappa shape index (κ2) is 6.15. The maximum Gasteiger partial charge on any atom is 0.228 e. The van der Waals surface area contributed by atoms with Crippen molar-refractivity contribution in [3.8, 4) is 5.75 Å². The summed E-state index contributed by atoms with van der Waals surface area (Å²) in [5.41, 5.74) is 1.80. The molecule has 2 aromatic heterocycles. The Morgan fingerprint density at radius 2 is 2.27 bits per heavy atom. The molecule has 0 spiro atoms. The van der Waals surface area contributed by atoms with E-state index < -0.39 is 0 Å². The van der Waals surface area contributed by atoms with Gasteiger partial charge in [-0.2, -0.15) is 5.10 Å². The number of rotatable bonds is 5. The second-order valence-electron chi connectivity index (χ2n) is 4.87. The van der Waals surface area contributed by atoms with Crippen molar-refractivity contribution in [3.63, 3.8) is 0 Å². The first-order valence-electron chi connectivity index (χ1n) is 6.88. The molecule has 22 heavy (non-hydrogen) atoms. The molecule has 0 bridgehead atoms. The lowest BCUT2D eigenvalue weighted by atomic mass is 10.3. The molecule has 6 nitrogen and oxygen atoms in total. The van der Waals surface area contributed by atoms with Crippen molar-refractivity contribution in [2.75, 3.05) is 12.4 Å². The molecular formula is C15H16N4O2S. The van der Waals surface area contributed by atoms with E-state index in [-0.39, 0.29) is 5.91 Å². The van der Waals surface area contributed by atoms with E-state index in [0.29, 0.717) is 18.1 Å². The van der Waals surface area contributed by atoms with Crippen LogP contribution in [0.15, 0.2) is 30.5 Å². The zero-order valence-electron chi connectivity index (χ0n) is 12.4. The van der Waals surface area contributed by atoms with E-state index in [1.54, 1.807) is 11.8 Å². The normalized spacial score (nSPS) is 10.8. The minimum atomic E-state index is -0.0702. The standard InChI is InChI=1S/C15H16N4O2S/c1-10-5-7-19(18-10)8-6-14(20)17-15-16-12-4-3-11(21-2)9-13(12)22-15/h3-5,7,9H,6,8H2,1-2H3,(H,16,17,20). The van der Waals surface area contributed by atoms with Crippen molar-refractivity contribution in [2.24, 2.45) is 0 Å². The first-order chi connectivity index (χ1) is 10.6. The van der Waals surface area contributed by atoms with Gasteiger partial charge in [0.2, 0.25) is 5.91 Å². The zero-order chi connectivity index (χ0) is 15.5. The number of anilines is 1. The van der Waals surface area contributed by atoms with Gasteiger partial charge in [0.25, 0.3) is 0 Å². The van der Waals surface area contributed by atoms with E-state index in [1.165, 1.54) is 11.3 Å². The summed E-state index contributed by atoms with van der Waals surface area (Å²) in [6.07, 6.45) is 2.23. The van der Waals surface area contributed by atoms with Gasteiger partial charge in [-0.05, 0) is 31.2 Å². The molecule has 3 rings (SSSR count). The summed E-state index contributed by atoms with van der Waals surface area (Å²) in [4.78, 5) is 16.4. The van der Waals surface area contributed by atoms with Gasteiger partial charge in [0.1, 0.15) is 5.75 Å². The van der Waals surface area contributed by atoms with Gasteiger partial charge >= 0.3 is 0 Å². The van der Waals surface area contributed by atoms with Crippen LogP contribution in [0.1, 0.15) is 12.1 Å². The van der Waals surface area contributed by atoms with Gasteiger partial charge in [0.05, 0.1) is 23.0 Å². The molecule has 3 aromatic rings. The lowest BCUT2D eigenvalue weighted by Crippen LogP contribution is -2.14. The van der Waals surface area contributed by atoms with Crippen molar-refractivity contribution in [2.45, 2.75) is 19.9 Å². The summed E-state index contributed by atoms with van der Waals surface area (Å²) in [5, 5.41) is 7.69. The molecule has 7 heteroatoms. The van der Waals surface area contributed by atoms with Crippen LogP contribution in [0.3, 0.4) is 0 Å². The van der Waals surface area contributed by atoms with Crippen LogP contribution in [0.5, 0.6) is 5.75 Å². The minimum Gasteiger partial charge on any atom is -0.497 e. The summed E-state index contributed by atoms with van der Waals surface area (Å²) >= 11 is 1.44. The van der Waals surface area contributed by atoms with E-state index in [1.807, 2.05) is 37.4 Å². The summed E-state index contributed by atoms with van der Waals surface area (Å²) < 4.78 is 7.93. The number of benzene rings is 1. The number of carbonyl (C=O) groups excluding carboxylic acids is 1. The van der Waals surface area contributed by atoms with Crippen LogP contribution in [0.25, 0.3) is 10.2 Å². The van der Waals surface area contributed by atoms with Crippen LogP contribution >= 0.6 is 11.3 Å². The lowest BCUT2D eigenvalue weighted by molar-refractivity contribution is -0.116. The molecule has 114 valence electrons. The van der Waals surface area contributed by atoms with E-state index in [4.69, 9.17) is 4.74 Å². The third kappa shape index (κ3) is 3.25. The molecule has 2 heterocycles. The number of fused-ring (bicyclic) bond motifs is 1. The summed E-state index contributed by atoms with van der Waals surface area (Å²) in [6, 6.07) is 7.56. The molecule has 0 atom stereocenters. The lowest BCUT2D eigenvalue weighted by Gasteiger charge is -2.01. The van der Waals surface area contributed by atoms with Crippen molar-refractivity contribution in [1.82, 2.24) is 14.8 Å². The van der Waals surface area contributed by atoms with Crippen LogP contribution < -0.4 is 10.1 Å². The Morgan fingerprint density at radius 1 is 1.41 bits per heavy atom. The molecule has 0 aliphatic carbocycles. The SMILES string of the molecule is COc1ccc2nc(NC(=O)CCn3ccc(C)n3)sc2c1. The smallest absolute Gasteiger partial charge is 0.228 e. The van der Waals surface area contributed by atoms with Gasteiger partial charge in [-0.3, -0.25) is 9.48 Å². The fourth-order valence-electron chi connectivity index (χ4n) is 2.07.